The molecular weight excluding hydrogens is 302 g/mol. The van der Waals surface area contributed by atoms with Gasteiger partial charge in [-0.1, -0.05) is 23.7 Å². The number of fused-ring (bicyclic) bond motifs is 2. The Morgan fingerprint density at radius 1 is 1.27 bits per heavy atom. The Hall–Kier alpha value is -2.33. The third kappa shape index (κ3) is 1.70. The summed E-state index contributed by atoms with van der Waals surface area (Å²) in [6.07, 6.45) is 0.676. The van der Waals surface area contributed by atoms with Crippen LogP contribution in [0, 0.1) is 0 Å². The second-order valence-corrected chi connectivity index (χ2v) is 6.24. The van der Waals surface area contributed by atoms with Crippen LogP contribution in [-0.4, -0.2) is 17.0 Å². The Bertz CT molecular complexity index is 832. The Labute approximate surface area is 131 Å². The van der Waals surface area contributed by atoms with Crippen molar-refractivity contribution >= 4 is 29.2 Å². The largest absolute Gasteiger partial charge is 0.478 e. The van der Waals surface area contributed by atoms with E-state index < -0.39 is 11.4 Å². The third-order valence-corrected chi connectivity index (χ3v) is 4.85. The molecule has 0 unspecified atom stereocenters. The van der Waals surface area contributed by atoms with E-state index in [1.165, 1.54) is 6.07 Å². The lowest BCUT2D eigenvalue weighted by Gasteiger charge is -2.09. The summed E-state index contributed by atoms with van der Waals surface area (Å²) in [5.41, 5.74) is 2.05. The first kappa shape index (κ1) is 13.3. The second-order valence-electron chi connectivity index (χ2n) is 5.80. The highest BCUT2D eigenvalue weighted by Crippen LogP contribution is 2.65. The Morgan fingerprint density at radius 2 is 2.09 bits per heavy atom. The van der Waals surface area contributed by atoms with Gasteiger partial charge in [0.1, 0.15) is 0 Å². The van der Waals surface area contributed by atoms with Crippen molar-refractivity contribution in [2.75, 3.05) is 5.32 Å². The van der Waals surface area contributed by atoms with Crippen LogP contribution in [0.25, 0.3) is 0 Å². The molecular formula is C17H12ClNO3. The van der Waals surface area contributed by atoms with Crippen molar-refractivity contribution in [1.29, 1.82) is 0 Å². The first-order chi connectivity index (χ1) is 10.5. The molecule has 2 atom stereocenters. The number of carbonyl (C=O) groups excluding carboxylic acids is 1. The number of amides is 1. The first-order valence-corrected chi connectivity index (χ1v) is 7.35. The lowest BCUT2D eigenvalue weighted by Crippen LogP contribution is -2.21. The highest BCUT2D eigenvalue weighted by molar-refractivity contribution is 6.30. The molecule has 4 nitrogen and oxygen atoms in total. The molecule has 2 N–H and O–H groups in total. The van der Waals surface area contributed by atoms with Gasteiger partial charge in [-0.25, -0.2) is 4.79 Å². The van der Waals surface area contributed by atoms with Crippen LogP contribution in [0.2, 0.25) is 5.02 Å². The van der Waals surface area contributed by atoms with Crippen molar-refractivity contribution in [3.63, 3.8) is 0 Å². The average Bonchev–Trinajstić information content (AvgIpc) is 3.17. The number of aromatic carboxylic acids is 1. The number of benzene rings is 2. The Morgan fingerprint density at radius 3 is 2.82 bits per heavy atom. The Balaban J connectivity index is 1.81. The fourth-order valence-electron chi connectivity index (χ4n) is 3.45. The zero-order valence-corrected chi connectivity index (χ0v) is 12.2. The minimum absolute atomic E-state index is 0.0384. The van der Waals surface area contributed by atoms with E-state index in [0.717, 1.165) is 11.1 Å². The minimum Gasteiger partial charge on any atom is -0.478 e. The second kappa shape index (κ2) is 4.34. The summed E-state index contributed by atoms with van der Waals surface area (Å²) in [5, 5.41) is 12.7. The molecule has 1 fully saturated rings. The summed E-state index contributed by atoms with van der Waals surface area (Å²) >= 11 is 6.04. The van der Waals surface area contributed by atoms with E-state index in [1.807, 2.05) is 18.2 Å². The number of carboxylic acids is 1. The molecule has 2 aliphatic rings. The molecule has 0 aromatic heterocycles. The van der Waals surface area contributed by atoms with Crippen molar-refractivity contribution in [3.05, 3.63) is 64.2 Å². The number of carboxylic acid groups (broad SMARTS) is 1. The fourth-order valence-corrected chi connectivity index (χ4v) is 3.65. The van der Waals surface area contributed by atoms with E-state index in [4.69, 9.17) is 16.7 Å². The number of hydrogen-bond donors (Lipinski definition) is 2. The van der Waals surface area contributed by atoms with Crippen LogP contribution < -0.4 is 5.32 Å². The van der Waals surface area contributed by atoms with E-state index >= 15 is 0 Å². The molecule has 1 aliphatic heterocycles. The van der Waals surface area contributed by atoms with Crippen LogP contribution >= 0.6 is 11.6 Å². The maximum atomic E-state index is 12.5. The molecule has 2 aromatic carbocycles. The van der Waals surface area contributed by atoms with Gasteiger partial charge < -0.3 is 10.4 Å². The summed E-state index contributed by atoms with van der Waals surface area (Å²) in [4.78, 5) is 23.7. The van der Waals surface area contributed by atoms with Gasteiger partial charge in [-0.05, 0) is 47.9 Å². The van der Waals surface area contributed by atoms with Gasteiger partial charge in [-0.15, -0.1) is 0 Å². The molecule has 2 aromatic rings. The van der Waals surface area contributed by atoms with Gasteiger partial charge in [0, 0.05) is 16.6 Å². The van der Waals surface area contributed by atoms with E-state index in [0.29, 0.717) is 17.1 Å². The van der Waals surface area contributed by atoms with Crippen LogP contribution in [0.3, 0.4) is 0 Å². The van der Waals surface area contributed by atoms with Gasteiger partial charge in [0.05, 0.1) is 11.0 Å². The fraction of sp³-hybridized carbons (Fsp3) is 0.176. The van der Waals surface area contributed by atoms with Crippen molar-refractivity contribution in [2.24, 2.45) is 0 Å². The smallest absolute Gasteiger partial charge is 0.335 e. The molecule has 1 amide bonds. The number of nitrogens with one attached hydrogen (secondary N) is 1. The van der Waals surface area contributed by atoms with Crippen molar-refractivity contribution in [2.45, 2.75) is 17.8 Å². The molecule has 22 heavy (non-hydrogen) atoms. The maximum Gasteiger partial charge on any atom is 0.335 e. The van der Waals surface area contributed by atoms with Crippen LogP contribution in [0.5, 0.6) is 0 Å². The van der Waals surface area contributed by atoms with E-state index in [9.17, 15) is 9.59 Å². The summed E-state index contributed by atoms with van der Waals surface area (Å²) in [7, 11) is 0. The highest BCUT2D eigenvalue weighted by Gasteiger charge is 2.65. The minimum atomic E-state index is -0.989. The number of carbonyl (C=O) groups is 2. The highest BCUT2D eigenvalue weighted by atomic mass is 35.5. The molecule has 1 heterocycles. The molecule has 1 aliphatic carbocycles. The SMILES string of the molecule is O=C(O)c1ccc2c(c1)[C@@]1(C[C@H]1c1cccc(Cl)c1)C(=O)N2. The molecule has 0 saturated heterocycles. The van der Waals surface area contributed by atoms with Crippen LogP contribution in [-0.2, 0) is 10.2 Å². The average molecular weight is 314 g/mol. The van der Waals surface area contributed by atoms with Gasteiger partial charge >= 0.3 is 5.97 Å². The summed E-state index contributed by atoms with van der Waals surface area (Å²) in [5.74, 6) is -1.01. The number of hydrogen-bond acceptors (Lipinski definition) is 2. The number of anilines is 1. The normalized spacial score (nSPS) is 25.0. The standard InChI is InChI=1S/C17H12ClNO3/c18-11-3-1-2-9(6-11)13-8-17(13)12-7-10(15(20)21)4-5-14(12)19-16(17)22/h1-7,13H,8H2,(H,19,22)(H,20,21)/t13-,17+/m0/s1. The van der Waals surface area contributed by atoms with Crippen LogP contribution in [0.4, 0.5) is 5.69 Å². The van der Waals surface area contributed by atoms with Gasteiger partial charge in [-0.2, -0.15) is 0 Å². The molecule has 1 spiro atoms. The molecule has 1 saturated carbocycles. The zero-order chi connectivity index (χ0) is 15.5. The van der Waals surface area contributed by atoms with Crippen molar-refractivity contribution < 1.29 is 14.7 Å². The molecule has 0 bridgehead atoms. The summed E-state index contributed by atoms with van der Waals surface area (Å²) in [6.45, 7) is 0. The summed E-state index contributed by atoms with van der Waals surface area (Å²) < 4.78 is 0. The van der Waals surface area contributed by atoms with E-state index in [2.05, 4.69) is 5.32 Å². The van der Waals surface area contributed by atoms with Crippen LogP contribution in [0.1, 0.15) is 33.8 Å². The number of halogens is 1. The number of rotatable bonds is 2. The molecule has 5 heteroatoms. The monoisotopic (exact) mass is 313 g/mol. The topological polar surface area (TPSA) is 66.4 Å². The predicted molar refractivity (Wildman–Crippen MR) is 82.5 cm³/mol. The summed E-state index contributed by atoms with van der Waals surface area (Å²) in [6, 6.07) is 12.3. The lowest BCUT2D eigenvalue weighted by atomic mass is 9.91. The van der Waals surface area contributed by atoms with E-state index in [-0.39, 0.29) is 17.4 Å². The van der Waals surface area contributed by atoms with Gasteiger partial charge in [0.15, 0.2) is 0 Å². The first-order valence-electron chi connectivity index (χ1n) is 6.97. The zero-order valence-electron chi connectivity index (χ0n) is 11.5. The third-order valence-electron chi connectivity index (χ3n) is 4.61. The van der Waals surface area contributed by atoms with Gasteiger partial charge in [-0.3, -0.25) is 4.79 Å². The van der Waals surface area contributed by atoms with Crippen molar-refractivity contribution in [3.8, 4) is 0 Å². The van der Waals surface area contributed by atoms with Gasteiger partial charge in [0.25, 0.3) is 0 Å². The quantitative estimate of drug-likeness (QED) is 0.892. The predicted octanol–water partition coefficient (Wildman–Crippen LogP) is 3.42. The van der Waals surface area contributed by atoms with E-state index in [1.54, 1.807) is 18.2 Å². The van der Waals surface area contributed by atoms with Crippen LogP contribution in [0.15, 0.2) is 42.5 Å². The van der Waals surface area contributed by atoms with Crippen molar-refractivity contribution in [1.82, 2.24) is 0 Å². The molecule has 110 valence electrons. The lowest BCUT2D eigenvalue weighted by molar-refractivity contribution is -0.118. The maximum absolute atomic E-state index is 12.5. The molecule has 0 radical (unpaired) electrons. The van der Waals surface area contributed by atoms with Gasteiger partial charge in [0.2, 0.25) is 5.91 Å². The Kier molecular flexibility index (Phi) is 2.63. The molecule has 4 rings (SSSR count).